The second kappa shape index (κ2) is 12.0. The van der Waals surface area contributed by atoms with Crippen molar-refractivity contribution >= 4 is 0 Å². The van der Waals surface area contributed by atoms with Crippen LogP contribution >= 0.6 is 0 Å². The van der Waals surface area contributed by atoms with Crippen LogP contribution in [0.3, 0.4) is 0 Å². The van der Waals surface area contributed by atoms with Crippen molar-refractivity contribution in [3.63, 3.8) is 0 Å². The van der Waals surface area contributed by atoms with Gasteiger partial charge in [0.25, 0.3) is 0 Å². The number of rotatable bonds is 12. The van der Waals surface area contributed by atoms with Crippen molar-refractivity contribution < 1.29 is 10.2 Å². The molecule has 2 aromatic carbocycles. The summed E-state index contributed by atoms with van der Waals surface area (Å²) in [5.74, 6) is 0.749. The molecule has 0 saturated heterocycles. The summed E-state index contributed by atoms with van der Waals surface area (Å²) >= 11 is 0. The minimum Gasteiger partial charge on any atom is -0.508 e. The minimum absolute atomic E-state index is 0.0230. The minimum atomic E-state index is 0.0230. The fourth-order valence-corrected chi connectivity index (χ4v) is 4.63. The molecule has 166 valence electrons. The van der Waals surface area contributed by atoms with Crippen LogP contribution in [0.2, 0.25) is 0 Å². The van der Waals surface area contributed by atoms with Crippen LogP contribution in [-0.2, 0) is 12.8 Å². The van der Waals surface area contributed by atoms with Gasteiger partial charge >= 0.3 is 0 Å². The summed E-state index contributed by atoms with van der Waals surface area (Å²) in [4.78, 5) is 0. The lowest BCUT2D eigenvalue weighted by molar-refractivity contribution is 0.446. The first-order valence-electron chi connectivity index (χ1n) is 12.1. The van der Waals surface area contributed by atoms with E-state index in [2.05, 4.69) is 46.8 Å². The van der Waals surface area contributed by atoms with Crippen LogP contribution in [0.25, 0.3) is 0 Å². The number of aryl methyl sites for hydroxylation is 4. The van der Waals surface area contributed by atoms with Gasteiger partial charge in [-0.2, -0.15) is 0 Å². The molecule has 0 spiro atoms. The molecule has 2 aromatic rings. The van der Waals surface area contributed by atoms with Crippen LogP contribution in [0, 0.1) is 13.8 Å². The predicted molar refractivity (Wildman–Crippen MR) is 129 cm³/mol. The van der Waals surface area contributed by atoms with E-state index in [1.807, 2.05) is 12.1 Å². The Kier molecular flexibility index (Phi) is 9.75. The zero-order chi connectivity index (χ0) is 22.1. The molecule has 0 aliphatic rings. The van der Waals surface area contributed by atoms with Crippen molar-refractivity contribution in [2.75, 3.05) is 0 Å². The molecule has 2 rings (SSSR count). The maximum Gasteiger partial charge on any atom is 0.119 e. The molecular weight excluding hydrogens is 368 g/mol. The number of phenols is 2. The van der Waals surface area contributed by atoms with Gasteiger partial charge in [-0.3, -0.25) is 0 Å². The van der Waals surface area contributed by atoms with E-state index in [0.717, 1.165) is 36.8 Å². The van der Waals surface area contributed by atoms with Crippen LogP contribution in [0.4, 0.5) is 0 Å². The molecule has 0 fully saturated rings. The van der Waals surface area contributed by atoms with Gasteiger partial charge in [-0.15, -0.1) is 0 Å². The summed E-state index contributed by atoms with van der Waals surface area (Å²) in [6.07, 6.45) is 11.6. The molecule has 0 amide bonds. The fourth-order valence-electron chi connectivity index (χ4n) is 4.63. The highest BCUT2D eigenvalue weighted by atomic mass is 16.3. The van der Waals surface area contributed by atoms with Crippen molar-refractivity contribution in [2.45, 2.75) is 105 Å². The molecule has 2 N–H and O–H groups in total. The lowest BCUT2D eigenvalue weighted by Crippen LogP contribution is -2.05. The number of hydrogen-bond donors (Lipinski definition) is 2. The Balaban J connectivity index is 2.30. The third kappa shape index (κ3) is 6.27. The summed E-state index contributed by atoms with van der Waals surface area (Å²) in [6, 6.07) is 8.13. The van der Waals surface area contributed by atoms with Crippen LogP contribution in [0.5, 0.6) is 11.5 Å². The SMILES string of the molecule is CCCCCCCCCC(c1cc(C)c(CC)cc1O)c1cc(C)c(CC)cc1O. The Bertz CT molecular complexity index is 747. The standard InChI is InChI=1S/C28H42O2/c1-6-9-10-11-12-13-14-15-24(25-16-20(4)22(7-2)18-27(25)29)26-17-21(5)23(8-3)19-28(26)30/h16-19,24,29-30H,6-15H2,1-5H3. The molecule has 30 heavy (non-hydrogen) atoms. The summed E-state index contributed by atoms with van der Waals surface area (Å²) in [5, 5.41) is 21.7. The normalized spacial score (nSPS) is 11.4. The fraction of sp³-hybridized carbons (Fsp3) is 0.571. The predicted octanol–water partition coefficient (Wildman–Crippen LogP) is 8.11. The third-order valence-corrected chi connectivity index (χ3v) is 6.58. The molecule has 0 unspecified atom stereocenters. The van der Waals surface area contributed by atoms with Crippen LogP contribution in [0.15, 0.2) is 24.3 Å². The lowest BCUT2D eigenvalue weighted by atomic mass is 9.82. The monoisotopic (exact) mass is 410 g/mol. The van der Waals surface area contributed by atoms with Gasteiger partial charge in [0.05, 0.1) is 0 Å². The highest BCUT2D eigenvalue weighted by molar-refractivity contribution is 5.52. The Morgan fingerprint density at radius 1 is 0.633 bits per heavy atom. The van der Waals surface area contributed by atoms with Crippen LogP contribution < -0.4 is 0 Å². The molecule has 2 nitrogen and oxygen atoms in total. The largest absolute Gasteiger partial charge is 0.508 e. The third-order valence-electron chi connectivity index (χ3n) is 6.58. The zero-order valence-corrected chi connectivity index (χ0v) is 19.9. The van der Waals surface area contributed by atoms with E-state index in [1.54, 1.807) is 0 Å². The number of unbranched alkanes of at least 4 members (excludes halogenated alkanes) is 6. The van der Waals surface area contributed by atoms with Crippen molar-refractivity contribution in [3.05, 3.63) is 57.6 Å². The van der Waals surface area contributed by atoms with Gasteiger partial charge in [0.2, 0.25) is 0 Å². The zero-order valence-electron chi connectivity index (χ0n) is 19.9. The first-order valence-corrected chi connectivity index (χ1v) is 12.1. The quantitative estimate of drug-likeness (QED) is 0.347. The molecule has 0 saturated carbocycles. The molecule has 0 heterocycles. The first kappa shape index (κ1) is 24.3. The summed E-state index contributed by atoms with van der Waals surface area (Å²) in [5.41, 5.74) is 6.72. The average molecular weight is 411 g/mol. The van der Waals surface area contributed by atoms with Crippen LogP contribution in [0.1, 0.15) is 111 Å². The summed E-state index contributed by atoms with van der Waals surface area (Å²) in [7, 11) is 0. The molecule has 0 bridgehead atoms. The topological polar surface area (TPSA) is 40.5 Å². The maximum atomic E-state index is 10.9. The van der Waals surface area contributed by atoms with E-state index in [-0.39, 0.29) is 5.92 Å². The number of aromatic hydroxyl groups is 2. The van der Waals surface area contributed by atoms with Gasteiger partial charge in [0.1, 0.15) is 11.5 Å². The van der Waals surface area contributed by atoms with Crippen molar-refractivity contribution in [2.24, 2.45) is 0 Å². The summed E-state index contributed by atoms with van der Waals surface area (Å²) < 4.78 is 0. The molecular formula is C28H42O2. The van der Waals surface area contributed by atoms with Gasteiger partial charge in [-0.1, -0.05) is 77.8 Å². The van der Waals surface area contributed by atoms with Gasteiger partial charge in [0, 0.05) is 17.0 Å². The van der Waals surface area contributed by atoms with Crippen molar-refractivity contribution in [1.29, 1.82) is 0 Å². The number of hydrogen-bond acceptors (Lipinski definition) is 2. The molecule has 0 aromatic heterocycles. The maximum absolute atomic E-state index is 10.9. The molecule has 0 radical (unpaired) electrons. The molecule has 0 aliphatic heterocycles. The Hall–Kier alpha value is -1.96. The Labute approximate surface area is 184 Å². The van der Waals surface area contributed by atoms with Gasteiger partial charge in [-0.25, -0.2) is 0 Å². The van der Waals surface area contributed by atoms with Crippen molar-refractivity contribution in [1.82, 2.24) is 0 Å². The number of phenolic OH excluding ortho intramolecular Hbond substituents is 2. The van der Waals surface area contributed by atoms with Crippen LogP contribution in [-0.4, -0.2) is 10.2 Å². The average Bonchev–Trinajstić information content (AvgIpc) is 2.73. The first-order chi connectivity index (χ1) is 14.4. The smallest absolute Gasteiger partial charge is 0.119 e. The Morgan fingerprint density at radius 2 is 1.07 bits per heavy atom. The van der Waals surface area contributed by atoms with E-state index >= 15 is 0 Å². The summed E-state index contributed by atoms with van der Waals surface area (Å²) in [6.45, 7) is 10.7. The molecule has 2 heteroatoms. The van der Waals surface area contributed by atoms with Gasteiger partial charge < -0.3 is 10.2 Å². The van der Waals surface area contributed by atoms with Gasteiger partial charge in [0.15, 0.2) is 0 Å². The second-order valence-electron chi connectivity index (χ2n) is 8.84. The van der Waals surface area contributed by atoms with Crippen molar-refractivity contribution in [3.8, 4) is 11.5 Å². The van der Waals surface area contributed by atoms with E-state index in [4.69, 9.17) is 0 Å². The van der Waals surface area contributed by atoms with E-state index in [0.29, 0.717) is 11.5 Å². The molecule has 0 aliphatic carbocycles. The Morgan fingerprint density at radius 3 is 1.50 bits per heavy atom. The highest BCUT2D eigenvalue weighted by Gasteiger charge is 2.22. The van der Waals surface area contributed by atoms with E-state index < -0.39 is 0 Å². The lowest BCUT2D eigenvalue weighted by Gasteiger charge is -2.23. The second-order valence-corrected chi connectivity index (χ2v) is 8.84. The van der Waals surface area contributed by atoms with Gasteiger partial charge in [-0.05, 0) is 67.5 Å². The van der Waals surface area contributed by atoms with E-state index in [9.17, 15) is 10.2 Å². The van der Waals surface area contributed by atoms with E-state index in [1.165, 1.54) is 60.8 Å². The highest BCUT2D eigenvalue weighted by Crippen LogP contribution is 2.41. The molecule has 0 atom stereocenters. The number of benzene rings is 2.